The van der Waals surface area contributed by atoms with Gasteiger partial charge in [0.2, 0.25) is 0 Å². The van der Waals surface area contributed by atoms with Gasteiger partial charge in [0, 0.05) is 6.54 Å². The predicted molar refractivity (Wildman–Crippen MR) is 122 cm³/mol. The number of para-hydroxylation sites is 1. The lowest BCUT2D eigenvalue weighted by atomic mass is 10.0. The van der Waals surface area contributed by atoms with Gasteiger partial charge in [-0.3, -0.25) is 4.79 Å². The maximum absolute atomic E-state index is 13.6. The molecular formula is C26H21FN3O4+. The number of benzene rings is 3. The quantitative estimate of drug-likeness (QED) is 0.596. The van der Waals surface area contributed by atoms with Gasteiger partial charge in [0.15, 0.2) is 12.3 Å². The van der Waals surface area contributed by atoms with Crippen LogP contribution in [0.1, 0.15) is 16.7 Å². The summed E-state index contributed by atoms with van der Waals surface area (Å²) in [6, 6.07) is 19.2. The first-order valence-corrected chi connectivity index (χ1v) is 10.8. The minimum absolute atomic E-state index is 0.174. The Hall–Kier alpha value is -4.33. The van der Waals surface area contributed by atoms with Crippen LogP contribution in [0.25, 0.3) is 0 Å². The van der Waals surface area contributed by atoms with Crippen molar-refractivity contribution < 1.29 is 28.1 Å². The number of fused-ring (bicyclic) bond motifs is 3. The van der Waals surface area contributed by atoms with Crippen LogP contribution < -0.4 is 15.0 Å². The Morgan fingerprint density at radius 3 is 2.47 bits per heavy atom. The first-order valence-electron chi connectivity index (χ1n) is 10.8. The molecule has 7 nitrogen and oxygen atoms in total. The zero-order valence-electron chi connectivity index (χ0n) is 18.3. The molecule has 1 atom stereocenters. The molecule has 3 aromatic rings. The third-order valence-corrected chi connectivity index (χ3v) is 5.81. The zero-order valence-corrected chi connectivity index (χ0v) is 18.3. The number of amides is 4. The van der Waals surface area contributed by atoms with Crippen LogP contribution in [0, 0.1) is 12.7 Å². The number of nitrogens with one attached hydrogen (secondary N) is 1. The highest BCUT2D eigenvalue weighted by atomic mass is 19.1. The van der Waals surface area contributed by atoms with Crippen LogP contribution in [0.4, 0.5) is 14.9 Å². The number of hydrogen-bond acceptors (Lipinski definition) is 4. The van der Waals surface area contributed by atoms with Crippen molar-refractivity contribution in [3.8, 4) is 5.75 Å². The molecule has 2 heterocycles. The zero-order chi connectivity index (χ0) is 23.8. The van der Waals surface area contributed by atoms with Gasteiger partial charge in [0.25, 0.3) is 12.0 Å². The number of hydrogen-bond donors (Lipinski definition) is 1. The molecule has 170 valence electrons. The molecular weight excluding hydrogens is 437 g/mol. The minimum Gasteiger partial charge on any atom is -0.469 e. The van der Waals surface area contributed by atoms with Crippen molar-refractivity contribution in [3.05, 3.63) is 95.3 Å². The van der Waals surface area contributed by atoms with E-state index in [1.807, 2.05) is 6.92 Å². The summed E-state index contributed by atoms with van der Waals surface area (Å²) < 4.78 is 20.3. The highest BCUT2D eigenvalue weighted by Gasteiger charge is 2.54. The second kappa shape index (κ2) is 8.55. The molecule has 3 aromatic carbocycles. The molecule has 0 fully saturated rings. The first-order chi connectivity index (χ1) is 16.4. The van der Waals surface area contributed by atoms with Crippen LogP contribution in [-0.2, 0) is 16.1 Å². The third kappa shape index (κ3) is 3.83. The Labute approximate surface area is 195 Å². The highest BCUT2D eigenvalue weighted by molar-refractivity contribution is 6.29. The Balaban J connectivity index is 1.48. The van der Waals surface area contributed by atoms with Crippen molar-refractivity contribution in [2.45, 2.75) is 19.6 Å². The number of anilines is 1. The molecule has 1 N–H and O–H groups in total. The standard InChI is InChI=1S/C26H20FN3O4/c1-16-6-12-19(13-7-16)30-25(32)24-23(20-4-2-3-5-21(20)34-24)29(26(30)33)15-22(31)28-14-17-8-10-18(27)11-9-17/h2-13,24H,14-15H2,1H3/p+1. The monoisotopic (exact) mass is 458 g/mol. The van der Waals surface area contributed by atoms with E-state index in [4.69, 9.17) is 4.74 Å². The van der Waals surface area contributed by atoms with Crippen LogP contribution in [0.15, 0.2) is 72.8 Å². The molecule has 0 saturated heterocycles. The van der Waals surface area contributed by atoms with Crippen molar-refractivity contribution in [3.63, 3.8) is 0 Å². The molecule has 5 rings (SSSR count). The van der Waals surface area contributed by atoms with Crippen LogP contribution in [0.2, 0.25) is 0 Å². The first kappa shape index (κ1) is 21.5. The van der Waals surface area contributed by atoms with Crippen molar-refractivity contribution in [2.24, 2.45) is 0 Å². The van der Waals surface area contributed by atoms with Crippen molar-refractivity contribution in [2.75, 3.05) is 11.4 Å². The number of nitrogens with zero attached hydrogens (tertiary/aromatic N) is 2. The van der Waals surface area contributed by atoms with Gasteiger partial charge in [-0.25, -0.2) is 9.18 Å². The highest BCUT2D eigenvalue weighted by Crippen LogP contribution is 2.33. The molecule has 2 aliphatic rings. The molecule has 0 radical (unpaired) electrons. The summed E-state index contributed by atoms with van der Waals surface area (Å²) in [7, 11) is 0. The van der Waals surface area contributed by atoms with E-state index in [9.17, 15) is 18.8 Å². The maximum Gasteiger partial charge on any atom is 0.506 e. The van der Waals surface area contributed by atoms with E-state index in [1.165, 1.54) is 16.7 Å². The second-order valence-electron chi connectivity index (χ2n) is 8.16. The van der Waals surface area contributed by atoms with E-state index in [0.717, 1.165) is 16.0 Å². The summed E-state index contributed by atoms with van der Waals surface area (Å²) in [5, 5.41) is 2.75. The van der Waals surface area contributed by atoms with E-state index in [-0.39, 0.29) is 18.9 Å². The normalized spacial score (nSPS) is 16.8. The van der Waals surface area contributed by atoms with E-state index in [1.54, 1.807) is 60.7 Å². The minimum atomic E-state index is -1.04. The number of halogens is 1. The lowest BCUT2D eigenvalue weighted by Gasteiger charge is -2.24. The number of rotatable bonds is 5. The summed E-state index contributed by atoms with van der Waals surface area (Å²) in [5.41, 5.74) is 3.05. The van der Waals surface area contributed by atoms with Crippen LogP contribution in [0.3, 0.4) is 0 Å². The molecule has 0 saturated carbocycles. The van der Waals surface area contributed by atoms with E-state index in [2.05, 4.69) is 5.32 Å². The molecule has 0 bridgehead atoms. The summed E-state index contributed by atoms with van der Waals surface area (Å²) >= 11 is 0. The predicted octanol–water partition coefficient (Wildman–Crippen LogP) is 3.18. The Morgan fingerprint density at radius 1 is 1.03 bits per heavy atom. The number of ether oxygens (including phenoxy) is 1. The maximum atomic E-state index is 13.6. The molecule has 0 spiro atoms. The van der Waals surface area contributed by atoms with Crippen molar-refractivity contribution in [1.29, 1.82) is 0 Å². The second-order valence-corrected chi connectivity index (χ2v) is 8.16. The van der Waals surface area contributed by atoms with Crippen LogP contribution >= 0.6 is 0 Å². The van der Waals surface area contributed by atoms with Crippen LogP contribution in [0.5, 0.6) is 5.75 Å². The third-order valence-electron chi connectivity index (χ3n) is 5.81. The molecule has 0 aromatic heterocycles. The van der Waals surface area contributed by atoms with Gasteiger partial charge < -0.3 is 10.1 Å². The topological polar surface area (TPSA) is 78.7 Å². The van der Waals surface area contributed by atoms with Gasteiger partial charge in [-0.05, 0) is 48.9 Å². The van der Waals surface area contributed by atoms with Crippen molar-refractivity contribution >= 4 is 29.2 Å². The number of imide groups is 1. The summed E-state index contributed by atoms with van der Waals surface area (Å²) in [6.45, 7) is 1.77. The Bertz CT molecular complexity index is 1330. The van der Waals surface area contributed by atoms with Gasteiger partial charge in [0.05, 0.1) is 5.56 Å². The SMILES string of the molecule is Cc1ccc(N2C(=O)C3Oc4ccccc4C3=[N+](CC(=O)NCc3ccc(F)cc3)C2=O)cc1. The van der Waals surface area contributed by atoms with Gasteiger partial charge in [-0.2, -0.15) is 9.37 Å². The molecule has 0 aliphatic carbocycles. The summed E-state index contributed by atoms with van der Waals surface area (Å²) in [5.74, 6) is -0.821. The average Bonchev–Trinajstić information content (AvgIpc) is 3.23. The molecule has 1 unspecified atom stereocenters. The number of carbonyl (C=O) groups excluding carboxylic acids is 3. The smallest absolute Gasteiger partial charge is 0.469 e. The van der Waals surface area contributed by atoms with E-state index >= 15 is 0 Å². The van der Waals surface area contributed by atoms with Gasteiger partial charge >= 0.3 is 11.9 Å². The van der Waals surface area contributed by atoms with Crippen molar-refractivity contribution in [1.82, 2.24) is 5.32 Å². The van der Waals surface area contributed by atoms with Gasteiger partial charge in [-0.15, -0.1) is 4.90 Å². The average molecular weight is 458 g/mol. The molecule has 8 heteroatoms. The summed E-state index contributed by atoms with van der Waals surface area (Å²) in [6.07, 6.45) is -1.04. The van der Waals surface area contributed by atoms with Gasteiger partial charge in [0.1, 0.15) is 17.3 Å². The van der Waals surface area contributed by atoms with Crippen LogP contribution in [-0.4, -0.2) is 40.8 Å². The van der Waals surface area contributed by atoms with E-state index < -0.39 is 23.9 Å². The largest absolute Gasteiger partial charge is 0.506 e. The van der Waals surface area contributed by atoms with E-state index in [0.29, 0.717) is 22.7 Å². The molecule has 2 aliphatic heterocycles. The fourth-order valence-electron chi connectivity index (χ4n) is 4.08. The number of carbonyl (C=O) groups is 3. The summed E-state index contributed by atoms with van der Waals surface area (Å²) in [4.78, 5) is 40.8. The Kier molecular flexibility index (Phi) is 5.41. The lowest BCUT2D eigenvalue weighted by molar-refractivity contribution is -0.417. The number of urea groups is 1. The Morgan fingerprint density at radius 2 is 1.74 bits per heavy atom. The fourth-order valence-corrected chi connectivity index (χ4v) is 4.08. The number of aryl methyl sites for hydroxylation is 1. The molecule has 4 amide bonds. The lowest BCUT2D eigenvalue weighted by Crippen LogP contribution is -2.59. The molecule has 34 heavy (non-hydrogen) atoms. The fraction of sp³-hybridized carbons (Fsp3) is 0.154. The van der Waals surface area contributed by atoms with Gasteiger partial charge in [-0.1, -0.05) is 42.0 Å².